The van der Waals surface area contributed by atoms with Gasteiger partial charge in [0.15, 0.2) is 0 Å². The lowest BCUT2D eigenvalue weighted by atomic mass is 10.0. The van der Waals surface area contributed by atoms with Crippen LogP contribution in [0.25, 0.3) is 0 Å². The first kappa shape index (κ1) is 16.6. The first-order valence-corrected chi connectivity index (χ1v) is 8.48. The summed E-state index contributed by atoms with van der Waals surface area (Å²) >= 11 is 6.81. The molecule has 0 aliphatic rings. The maximum Gasteiger partial charge on any atom is 0.127 e. The fourth-order valence-corrected chi connectivity index (χ4v) is 3.01. The van der Waals surface area contributed by atoms with Crippen molar-refractivity contribution >= 4 is 31.9 Å². The Morgan fingerprint density at radius 2 is 2.10 bits per heavy atom. The van der Waals surface area contributed by atoms with E-state index in [9.17, 15) is 4.39 Å². The summed E-state index contributed by atoms with van der Waals surface area (Å²) in [6.45, 7) is 2.98. The van der Waals surface area contributed by atoms with Gasteiger partial charge < -0.3 is 5.32 Å². The third-order valence-electron chi connectivity index (χ3n) is 3.20. The number of hydrogen-bond acceptors (Lipinski definition) is 2. The molecule has 0 aliphatic carbocycles. The van der Waals surface area contributed by atoms with Crippen molar-refractivity contribution in [3.05, 3.63) is 62.5 Å². The molecular weight excluding hydrogens is 399 g/mol. The van der Waals surface area contributed by atoms with Crippen molar-refractivity contribution in [2.24, 2.45) is 0 Å². The quantitative estimate of drug-likeness (QED) is 0.715. The van der Waals surface area contributed by atoms with Gasteiger partial charge in [0.25, 0.3) is 0 Å². The molecule has 1 unspecified atom stereocenters. The van der Waals surface area contributed by atoms with Crippen molar-refractivity contribution in [1.29, 1.82) is 0 Å². The van der Waals surface area contributed by atoms with Crippen molar-refractivity contribution in [3.63, 3.8) is 0 Å². The Labute approximate surface area is 141 Å². The zero-order valence-corrected chi connectivity index (χ0v) is 14.9. The molecule has 1 atom stereocenters. The molecule has 2 rings (SSSR count). The molecule has 5 heteroatoms. The maximum absolute atomic E-state index is 14.1. The van der Waals surface area contributed by atoms with Crippen molar-refractivity contribution in [2.45, 2.75) is 25.8 Å². The summed E-state index contributed by atoms with van der Waals surface area (Å²) in [6, 6.07) is 9.00. The average Bonchev–Trinajstić information content (AvgIpc) is 2.46. The monoisotopic (exact) mass is 414 g/mol. The van der Waals surface area contributed by atoms with Crippen LogP contribution in [0.1, 0.15) is 30.6 Å². The molecule has 0 fully saturated rings. The van der Waals surface area contributed by atoms with E-state index in [1.807, 2.05) is 24.3 Å². The lowest BCUT2D eigenvalue weighted by molar-refractivity contribution is 0.501. The highest BCUT2D eigenvalue weighted by atomic mass is 79.9. The molecule has 1 aromatic heterocycles. The molecule has 0 spiro atoms. The summed E-state index contributed by atoms with van der Waals surface area (Å²) in [5.41, 5.74) is 1.60. The molecule has 21 heavy (non-hydrogen) atoms. The Morgan fingerprint density at radius 3 is 2.76 bits per heavy atom. The van der Waals surface area contributed by atoms with Crippen LogP contribution in [0, 0.1) is 5.82 Å². The van der Waals surface area contributed by atoms with Crippen molar-refractivity contribution in [2.75, 3.05) is 6.54 Å². The number of benzene rings is 1. The first-order chi connectivity index (χ1) is 10.1. The van der Waals surface area contributed by atoms with Gasteiger partial charge in [0.05, 0.1) is 11.7 Å². The predicted octanol–water partition coefficient (Wildman–Crippen LogP) is 5.03. The zero-order chi connectivity index (χ0) is 15.2. The molecule has 2 aromatic rings. The summed E-state index contributed by atoms with van der Waals surface area (Å²) in [4.78, 5) is 4.43. The van der Waals surface area contributed by atoms with E-state index < -0.39 is 0 Å². The van der Waals surface area contributed by atoms with Gasteiger partial charge in [-0.2, -0.15) is 0 Å². The van der Waals surface area contributed by atoms with Crippen LogP contribution in [0.5, 0.6) is 0 Å². The molecule has 2 nitrogen and oxygen atoms in total. The van der Waals surface area contributed by atoms with E-state index in [-0.39, 0.29) is 11.9 Å². The van der Waals surface area contributed by atoms with Gasteiger partial charge in [-0.25, -0.2) is 4.39 Å². The summed E-state index contributed by atoms with van der Waals surface area (Å²) in [5, 5.41) is 3.45. The third kappa shape index (κ3) is 4.59. The summed E-state index contributed by atoms with van der Waals surface area (Å²) in [7, 11) is 0. The van der Waals surface area contributed by atoms with Gasteiger partial charge in [-0.15, -0.1) is 0 Å². The van der Waals surface area contributed by atoms with Crippen molar-refractivity contribution in [1.82, 2.24) is 10.3 Å². The third-order valence-corrected chi connectivity index (χ3v) is 4.36. The van der Waals surface area contributed by atoms with E-state index in [1.165, 1.54) is 6.07 Å². The Morgan fingerprint density at radius 1 is 1.29 bits per heavy atom. The SMILES string of the molecule is CCCNC(Cc1ccc(Br)cc1F)c1ncccc1Br. The fourth-order valence-electron chi connectivity index (χ4n) is 2.15. The van der Waals surface area contributed by atoms with Gasteiger partial charge in [0.1, 0.15) is 5.82 Å². The molecule has 0 amide bonds. The Bertz CT molecular complexity index is 605. The Kier molecular flexibility index (Phi) is 6.33. The van der Waals surface area contributed by atoms with Crippen LogP contribution >= 0.6 is 31.9 Å². The summed E-state index contributed by atoms with van der Waals surface area (Å²) < 4.78 is 15.8. The molecule has 0 aliphatic heterocycles. The minimum atomic E-state index is -0.195. The number of hydrogen-bond donors (Lipinski definition) is 1. The van der Waals surface area contributed by atoms with E-state index in [2.05, 4.69) is 49.1 Å². The number of rotatable bonds is 6. The molecule has 0 bridgehead atoms. The van der Waals surface area contributed by atoms with Crippen LogP contribution in [0.3, 0.4) is 0 Å². The van der Waals surface area contributed by atoms with Crippen LogP contribution < -0.4 is 5.32 Å². The molecule has 112 valence electrons. The lowest BCUT2D eigenvalue weighted by Crippen LogP contribution is -2.25. The van der Waals surface area contributed by atoms with Gasteiger partial charge in [-0.05, 0) is 65.1 Å². The molecule has 0 radical (unpaired) electrons. The van der Waals surface area contributed by atoms with Crippen molar-refractivity contribution < 1.29 is 4.39 Å². The van der Waals surface area contributed by atoms with Crippen molar-refractivity contribution in [3.8, 4) is 0 Å². The van der Waals surface area contributed by atoms with Crippen LogP contribution in [0.4, 0.5) is 4.39 Å². The van der Waals surface area contributed by atoms with E-state index in [0.29, 0.717) is 12.0 Å². The predicted molar refractivity (Wildman–Crippen MR) is 90.8 cm³/mol. The minimum Gasteiger partial charge on any atom is -0.308 e. The normalized spacial score (nSPS) is 12.4. The molecule has 0 saturated carbocycles. The van der Waals surface area contributed by atoms with Gasteiger partial charge in [0.2, 0.25) is 0 Å². The molecule has 1 aromatic carbocycles. The Hall–Kier alpha value is -0.780. The first-order valence-electron chi connectivity index (χ1n) is 6.89. The number of aromatic nitrogens is 1. The minimum absolute atomic E-state index is 0.0174. The molecule has 1 N–H and O–H groups in total. The standard InChI is InChI=1S/C16H17Br2FN2/c1-2-7-20-15(16-13(18)4-3-8-21-16)9-11-5-6-12(17)10-14(11)19/h3-6,8,10,15,20H,2,7,9H2,1H3. The van der Waals surface area contributed by atoms with E-state index >= 15 is 0 Å². The van der Waals surface area contributed by atoms with Crippen LogP contribution in [0.15, 0.2) is 45.5 Å². The van der Waals surface area contributed by atoms with Gasteiger partial charge >= 0.3 is 0 Å². The Balaban J connectivity index is 2.26. The smallest absolute Gasteiger partial charge is 0.127 e. The topological polar surface area (TPSA) is 24.9 Å². The largest absolute Gasteiger partial charge is 0.308 e. The second-order valence-corrected chi connectivity index (χ2v) is 6.59. The summed E-state index contributed by atoms with van der Waals surface area (Å²) in [5.74, 6) is -0.195. The van der Waals surface area contributed by atoms with Gasteiger partial charge in [-0.3, -0.25) is 4.98 Å². The van der Waals surface area contributed by atoms with Crippen LogP contribution in [-0.4, -0.2) is 11.5 Å². The second-order valence-electron chi connectivity index (χ2n) is 4.82. The zero-order valence-electron chi connectivity index (χ0n) is 11.7. The molecule has 1 heterocycles. The van der Waals surface area contributed by atoms with E-state index in [0.717, 1.165) is 27.6 Å². The van der Waals surface area contributed by atoms with Gasteiger partial charge in [-0.1, -0.05) is 28.9 Å². The highest BCUT2D eigenvalue weighted by Crippen LogP contribution is 2.26. The maximum atomic E-state index is 14.1. The molecular formula is C16H17Br2FN2. The second kappa shape index (κ2) is 8.01. The highest BCUT2D eigenvalue weighted by Gasteiger charge is 2.17. The number of nitrogens with zero attached hydrogens (tertiary/aromatic N) is 1. The average molecular weight is 416 g/mol. The number of pyridine rings is 1. The van der Waals surface area contributed by atoms with E-state index in [1.54, 1.807) is 6.20 Å². The number of halogens is 3. The van der Waals surface area contributed by atoms with Crippen LogP contribution in [-0.2, 0) is 6.42 Å². The van der Waals surface area contributed by atoms with Gasteiger partial charge in [0, 0.05) is 15.1 Å². The summed E-state index contributed by atoms with van der Waals surface area (Å²) in [6.07, 6.45) is 3.34. The highest BCUT2D eigenvalue weighted by molar-refractivity contribution is 9.10. The molecule has 0 saturated heterocycles. The fraction of sp³-hybridized carbons (Fsp3) is 0.312. The van der Waals surface area contributed by atoms with E-state index in [4.69, 9.17) is 0 Å². The number of nitrogens with one attached hydrogen (secondary N) is 1. The van der Waals surface area contributed by atoms with Crippen LogP contribution in [0.2, 0.25) is 0 Å². The lowest BCUT2D eigenvalue weighted by Gasteiger charge is -2.19.